The second-order valence-corrected chi connectivity index (χ2v) is 5.26. The topological polar surface area (TPSA) is 42.0 Å². The summed E-state index contributed by atoms with van der Waals surface area (Å²) in [4.78, 5) is 15.6. The second kappa shape index (κ2) is 6.64. The van der Waals surface area contributed by atoms with E-state index < -0.39 is 5.95 Å². The lowest BCUT2D eigenvalue weighted by Gasteiger charge is -2.30. The summed E-state index contributed by atoms with van der Waals surface area (Å²) in [6.45, 7) is 2.10. The van der Waals surface area contributed by atoms with Crippen molar-refractivity contribution >= 4 is 5.91 Å². The molecule has 1 N–H and O–H groups in total. The third-order valence-corrected chi connectivity index (χ3v) is 3.96. The molecule has 1 amide bonds. The zero-order valence-electron chi connectivity index (χ0n) is 11.4. The molecule has 1 aromatic heterocycles. The van der Waals surface area contributed by atoms with Crippen LogP contribution in [0.15, 0.2) is 18.3 Å². The molecule has 0 aromatic carbocycles. The highest BCUT2D eigenvalue weighted by molar-refractivity contribution is 5.94. The van der Waals surface area contributed by atoms with Gasteiger partial charge in [0.2, 0.25) is 5.95 Å². The highest BCUT2D eigenvalue weighted by Crippen LogP contribution is 2.27. The van der Waals surface area contributed by atoms with Crippen LogP contribution in [0.3, 0.4) is 0 Å². The van der Waals surface area contributed by atoms with Gasteiger partial charge in [0.25, 0.3) is 5.91 Å². The first kappa shape index (κ1) is 14.0. The molecule has 1 aromatic rings. The van der Waals surface area contributed by atoms with Crippen LogP contribution in [0.2, 0.25) is 0 Å². The molecule has 0 bridgehead atoms. The summed E-state index contributed by atoms with van der Waals surface area (Å²) in [6, 6.07) is 2.92. The summed E-state index contributed by atoms with van der Waals surface area (Å²) in [5, 5.41) is 3.07. The molecule has 1 saturated carbocycles. The highest BCUT2D eigenvalue weighted by atomic mass is 19.1. The first-order valence-corrected chi connectivity index (χ1v) is 7.13. The standard InChI is InChI=1S/C15H21FN2O/c1-2-13(11-6-4-3-5-7-11)18-15(19)12-8-9-14(16)17-10-12/h8-11,13H,2-7H2,1H3,(H,18,19). The van der Waals surface area contributed by atoms with E-state index >= 15 is 0 Å². The van der Waals surface area contributed by atoms with Crippen LogP contribution < -0.4 is 5.32 Å². The number of pyridine rings is 1. The summed E-state index contributed by atoms with van der Waals surface area (Å²) in [7, 11) is 0. The Kier molecular flexibility index (Phi) is 4.88. The monoisotopic (exact) mass is 264 g/mol. The van der Waals surface area contributed by atoms with Crippen LogP contribution >= 0.6 is 0 Å². The van der Waals surface area contributed by atoms with Gasteiger partial charge in [-0.05, 0) is 37.3 Å². The molecular formula is C15H21FN2O. The summed E-state index contributed by atoms with van der Waals surface area (Å²) in [6.07, 6.45) is 8.44. The minimum absolute atomic E-state index is 0.148. The highest BCUT2D eigenvalue weighted by Gasteiger charge is 2.24. The average Bonchev–Trinajstić information content (AvgIpc) is 2.46. The molecule has 1 aliphatic rings. The predicted octanol–water partition coefficient (Wildman–Crippen LogP) is 3.31. The van der Waals surface area contributed by atoms with Crippen LogP contribution in [-0.2, 0) is 0 Å². The largest absolute Gasteiger partial charge is 0.349 e. The quantitative estimate of drug-likeness (QED) is 0.848. The Morgan fingerprint density at radius 1 is 1.42 bits per heavy atom. The fourth-order valence-electron chi connectivity index (χ4n) is 2.85. The molecule has 2 rings (SSSR count). The van der Waals surface area contributed by atoms with Crippen LogP contribution in [-0.4, -0.2) is 16.9 Å². The molecule has 3 nitrogen and oxygen atoms in total. The number of nitrogens with one attached hydrogen (secondary N) is 1. The van der Waals surface area contributed by atoms with E-state index in [9.17, 15) is 9.18 Å². The van der Waals surface area contributed by atoms with E-state index in [1.165, 1.54) is 50.4 Å². The van der Waals surface area contributed by atoms with Gasteiger partial charge in [-0.15, -0.1) is 0 Å². The summed E-state index contributed by atoms with van der Waals surface area (Å²) in [5.74, 6) is -0.128. The first-order valence-electron chi connectivity index (χ1n) is 7.13. The van der Waals surface area contributed by atoms with Crippen molar-refractivity contribution in [3.05, 3.63) is 29.8 Å². The number of rotatable bonds is 4. The number of halogens is 1. The zero-order chi connectivity index (χ0) is 13.7. The van der Waals surface area contributed by atoms with Crippen molar-refractivity contribution in [2.75, 3.05) is 0 Å². The summed E-state index contributed by atoms with van der Waals surface area (Å²) < 4.78 is 12.7. The lowest BCUT2D eigenvalue weighted by Crippen LogP contribution is -2.40. The molecule has 0 saturated heterocycles. The van der Waals surface area contributed by atoms with E-state index in [0.29, 0.717) is 11.5 Å². The summed E-state index contributed by atoms with van der Waals surface area (Å²) >= 11 is 0. The number of hydrogen-bond donors (Lipinski definition) is 1. The molecule has 4 heteroatoms. The predicted molar refractivity (Wildman–Crippen MR) is 72.3 cm³/mol. The molecule has 1 aliphatic carbocycles. The fraction of sp³-hybridized carbons (Fsp3) is 0.600. The van der Waals surface area contributed by atoms with Gasteiger partial charge < -0.3 is 5.32 Å². The third kappa shape index (κ3) is 3.75. The lowest BCUT2D eigenvalue weighted by molar-refractivity contribution is 0.0910. The van der Waals surface area contributed by atoms with Gasteiger partial charge in [-0.1, -0.05) is 26.2 Å². The van der Waals surface area contributed by atoms with Crippen molar-refractivity contribution in [2.45, 2.75) is 51.5 Å². The second-order valence-electron chi connectivity index (χ2n) is 5.26. The van der Waals surface area contributed by atoms with Gasteiger partial charge in [-0.2, -0.15) is 4.39 Å². The molecule has 104 valence electrons. The Morgan fingerprint density at radius 3 is 2.74 bits per heavy atom. The van der Waals surface area contributed by atoms with Crippen molar-refractivity contribution in [2.24, 2.45) is 5.92 Å². The van der Waals surface area contributed by atoms with Crippen molar-refractivity contribution in [3.8, 4) is 0 Å². The average molecular weight is 264 g/mol. The van der Waals surface area contributed by atoms with Gasteiger partial charge in [0.05, 0.1) is 5.56 Å². The number of aromatic nitrogens is 1. The van der Waals surface area contributed by atoms with Crippen molar-refractivity contribution < 1.29 is 9.18 Å². The van der Waals surface area contributed by atoms with Crippen molar-refractivity contribution in [1.29, 1.82) is 0 Å². The maximum atomic E-state index is 12.7. The van der Waals surface area contributed by atoms with Gasteiger partial charge in [0.1, 0.15) is 0 Å². The van der Waals surface area contributed by atoms with Gasteiger partial charge in [-0.25, -0.2) is 4.98 Å². The van der Waals surface area contributed by atoms with Crippen LogP contribution in [0.5, 0.6) is 0 Å². The minimum atomic E-state index is -0.559. The molecule has 0 radical (unpaired) electrons. The number of carbonyl (C=O) groups excluding carboxylic acids is 1. The van der Waals surface area contributed by atoms with E-state index in [4.69, 9.17) is 0 Å². The zero-order valence-corrected chi connectivity index (χ0v) is 11.4. The molecular weight excluding hydrogens is 243 g/mol. The molecule has 1 fully saturated rings. The Bertz CT molecular complexity index is 413. The van der Waals surface area contributed by atoms with Crippen molar-refractivity contribution in [1.82, 2.24) is 10.3 Å². The normalized spacial score (nSPS) is 18.0. The lowest BCUT2D eigenvalue weighted by atomic mass is 9.83. The number of carbonyl (C=O) groups is 1. The Labute approximate surface area is 113 Å². The van der Waals surface area contributed by atoms with Gasteiger partial charge in [-0.3, -0.25) is 4.79 Å². The van der Waals surface area contributed by atoms with Gasteiger partial charge >= 0.3 is 0 Å². The molecule has 19 heavy (non-hydrogen) atoms. The maximum absolute atomic E-state index is 12.7. The molecule has 0 aliphatic heterocycles. The SMILES string of the molecule is CCC(NC(=O)c1ccc(F)nc1)C1CCCCC1. The van der Waals surface area contributed by atoms with E-state index in [1.807, 2.05) is 0 Å². The first-order chi connectivity index (χ1) is 9.20. The minimum Gasteiger partial charge on any atom is -0.349 e. The smallest absolute Gasteiger partial charge is 0.253 e. The van der Waals surface area contributed by atoms with E-state index in [-0.39, 0.29) is 11.9 Å². The Balaban J connectivity index is 1.97. The number of amides is 1. The van der Waals surface area contributed by atoms with Crippen LogP contribution in [0, 0.1) is 11.9 Å². The third-order valence-electron chi connectivity index (χ3n) is 3.96. The van der Waals surface area contributed by atoms with Crippen molar-refractivity contribution in [3.63, 3.8) is 0 Å². The van der Waals surface area contributed by atoms with Gasteiger partial charge in [0, 0.05) is 12.2 Å². The number of hydrogen-bond acceptors (Lipinski definition) is 2. The molecule has 1 atom stereocenters. The molecule has 1 heterocycles. The van der Waals surface area contributed by atoms with Crippen LogP contribution in [0.1, 0.15) is 55.8 Å². The Morgan fingerprint density at radius 2 is 2.16 bits per heavy atom. The van der Waals surface area contributed by atoms with E-state index in [2.05, 4.69) is 17.2 Å². The summed E-state index contributed by atoms with van der Waals surface area (Å²) in [5.41, 5.74) is 0.427. The molecule has 1 unspecified atom stereocenters. The van der Waals surface area contributed by atoms with E-state index in [0.717, 1.165) is 6.42 Å². The van der Waals surface area contributed by atoms with E-state index in [1.54, 1.807) is 0 Å². The molecule has 0 spiro atoms. The maximum Gasteiger partial charge on any atom is 0.253 e. The van der Waals surface area contributed by atoms with Gasteiger partial charge in [0.15, 0.2) is 0 Å². The Hall–Kier alpha value is -1.45. The fourth-order valence-corrected chi connectivity index (χ4v) is 2.85. The van der Waals surface area contributed by atoms with Crippen LogP contribution in [0.25, 0.3) is 0 Å². The number of nitrogens with zero attached hydrogens (tertiary/aromatic N) is 1. The van der Waals surface area contributed by atoms with Crippen LogP contribution in [0.4, 0.5) is 4.39 Å².